The number of carbonyl (C=O) groups is 1. The minimum absolute atomic E-state index is 0.0687. The topological polar surface area (TPSA) is 51.7 Å². The van der Waals surface area contributed by atoms with Gasteiger partial charge >= 0.3 is 0 Å². The average Bonchev–Trinajstić information content (AvgIpc) is 3.10. The van der Waals surface area contributed by atoms with Crippen molar-refractivity contribution in [2.45, 2.75) is 24.5 Å². The van der Waals surface area contributed by atoms with Gasteiger partial charge in [-0.2, -0.15) is 0 Å². The molecule has 1 aliphatic rings. The largest absolute Gasteiger partial charge is 0.497 e. The van der Waals surface area contributed by atoms with E-state index in [1.165, 1.54) is 11.3 Å². The van der Waals surface area contributed by atoms with Crippen LogP contribution in [-0.2, 0) is 4.79 Å². The highest BCUT2D eigenvalue weighted by atomic mass is 32.2. The molecule has 1 fully saturated rings. The zero-order valence-corrected chi connectivity index (χ0v) is 15.0. The molecule has 2 aromatic rings. The molecule has 3 rings (SSSR count). The van der Waals surface area contributed by atoms with Crippen molar-refractivity contribution in [1.82, 2.24) is 4.98 Å². The molecule has 0 radical (unpaired) electrons. The maximum atomic E-state index is 12.7. The molecule has 1 amide bonds. The maximum Gasteiger partial charge on any atom is 0.242 e. The number of aromatic nitrogens is 1. The number of methoxy groups -OCH3 is 2. The molecule has 0 saturated carbocycles. The van der Waals surface area contributed by atoms with Gasteiger partial charge in [-0.1, -0.05) is 0 Å². The van der Waals surface area contributed by atoms with E-state index in [1.807, 2.05) is 32.0 Å². The summed E-state index contributed by atoms with van der Waals surface area (Å²) in [6, 6.07) is 5.65. The van der Waals surface area contributed by atoms with Crippen LogP contribution >= 0.6 is 23.1 Å². The fourth-order valence-electron chi connectivity index (χ4n) is 2.52. The molecular formula is C16H18N2O3S2. The number of benzene rings is 1. The first kappa shape index (κ1) is 16.1. The van der Waals surface area contributed by atoms with Crippen LogP contribution in [0.15, 0.2) is 24.4 Å². The Balaban J connectivity index is 2.08. The van der Waals surface area contributed by atoms with Gasteiger partial charge in [0, 0.05) is 16.6 Å². The van der Waals surface area contributed by atoms with Crippen LogP contribution in [0.25, 0.3) is 0 Å². The van der Waals surface area contributed by atoms with Gasteiger partial charge in [-0.15, -0.1) is 23.1 Å². The Morgan fingerprint density at radius 3 is 2.65 bits per heavy atom. The van der Waals surface area contributed by atoms with E-state index in [2.05, 4.69) is 4.98 Å². The quantitative estimate of drug-likeness (QED) is 0.843. The Morgan fingerprint density at radius 2 is 2.04 bits per heavy atom. The Bertz CT molecular complexity index is 732. The fraction of sp³-hybridized carbons (Fsp3) is 0.375. The normalized spacial score (nSPS) is 20.9. The number of ether oxygens (including phenoxy) is 2. The van der Waals surface area contributed by atoms with E-state index < -0.39 is 0 Å². The zero-order valence-electron chi connectivity index (χ0n) is 13.4. The Labute approximate surface area is 143 Å². The number of amides is 1. The first-order valence-corrected chi connectivity index (χ1v) is 8.94. The second-order valence-corrected chi connectivity index (χ2v) is 7.84. The lowest BCUT2D eigenvalue weighted by Crippen LogP contribution is -2.30. The lowest BCUT2D eigenvalue weighted by atomic mass is 10.1. The summed E-state index contributed by atoms with van der Waals surface area (Å²) < 4.78 is 10.8. The SMILES string of the molecule is COc1ccc(OC)c([C@@H]2S[C@H](C)C(=O)N2c2ncc(C)s2)c1. The number of nitrogens with zero attached hydrogens (tertiary/aromatic N) is 2. The van der Waals surface area contributed by atoms with Gasteiger partial charge in [0.2, 0.25) is 5.91 Å². The highest BCUT2D eigenvalue weighted by molar-refractivity contribution is 8.01. The van der Waals surface area contributed by atoms with Crippen molar-refractivity contribution in [3.05, 3.63) is 34.8 Å². The molecule has 0 aliphatic carbocycles. The van der Waals surface area contributed by atoms with Crippen LogP contribution in [0, 0.1) is 6.92 Å². The maximum absolute atomic E-state index is 12.7. The van der Waals surface area contributed by atoms with E-state index in [0.29, 0.717) is 0 Å². The highest BCUT2D eigenvalue weighted by Gasteiger charge is 2.42. The molecule has 2 heterocycles. The predicted octanol–water partition coefficient (Wildman–Crippen LogP) is 3.64. The lowest BCUT2D eigenvalue weighted by Gasteiger charge is -2.23. The second-order valence-electron chi connectivity index (χ2n) is 5.20. The smallest absolute Gasteiger partial charge is 0.242 e. The Hall–Kier alpha value is -1.73. The third kappa shape index (κ3) is 2.90. The van der Waals surface area contributed by atoms with E-state index in [4.69, 9.17) is 9.47 Å². The van der Waals surface area contributed by atoms with Gasteiger partial charge in [-0.3, -0.25) is 9.69 Å². The molecule has 0 bridgehead atoms. The summed E-state index contributed by atoms with van der Waals surface area (Å²) in [4.78, 5) is 19.9. The molecule has 0 spiro atoms. The lowest BCUT2D eigenvalue weighted by molar-refractivity contribution is -0.117. The molecule has 122 valence electrons. The van der Waals surface area contributed by atoms with E-state index in [-0.39, 0.29) is 16.5 Å². The van der Waals surface area contributed by atoms with Crippen LogP contribution in [-0.4, -0.2) is 30.4 Å². The van der Waals surface area contributed by atoms with Gasteiger partial charge in [0.1, 0.15) is 16.9 Å². The number of aryl methyl sites for hydroxylation is 1. The van der Waals surface area contributed by atoms with Crippen molar-refractivity contribution in [3.63, 3.8) is 0 Å². The van der Waals surface area contributed by atoms with Crippen LogP contribution in [0.1, 0.15) is 22.7 Å². The molecule has 7 heteroatoms. The molecular weight excluding hydrogens is 332 g/mol. The van der Waals surface area contributed by atoms with Gasteiger partial charge < -0.3 is 9.47 Å². The van der Waals surface area contributed by atoms with Crippen molar-refractivity contribution >= 4 is 34.1 Å². The number of thioether (sulfide) groups is 1. The number of hydrogen-bond acceptors (Lipinski definition) is 6. The summed E-state index contributed by atoms with van der Waals surface area (Å²) in [5.41, 5.74) is 0.919. The molecule has 1 aromatic carbocycles. The van der Waals surface area contributed by atoms with Crippen LogP contribution in [0.3, 0.4) is 0 Å². The highest BCUT2D eigenvalue weighted by Crippen LogP contribution is 2.49. The monoisotopic (exact) mass is 350 g/mol. The number of hydrogen-bond donors (Lipinski definition) is 0. The average molecular weight is 350 g/mol. The van der Waals surface area contributed by atoms with E-state index in [9.17, 15) is 4.79 Å². The Kier molecular flexibility index (Phi) is 4.50. The van der Waals surface area contributed by atoms with Crippen molar-refractivity contribution in [3.8, 4) is 11.5 Å². The van der Waals surface area contributed by atoms with Crippen molar-refractivity contribution in [2.24, 2.45) is 0 Å². The Morgan fingerprint density at radius 1 is 1.26 bits per heavy atom. The summed E-state index contributed by atoms with van der Waals surface area (Å²) >= 11 is 3.12. The van der Waals surface area contributed by atoms with Gasteiger partial charge in [-0.25, -0.2) is 4.98 Å². The van der Waals surface area contributed by atoms with Crippen LogP contribution in [0.4, 0.5) is 5.13 Å². The molecule has 5 nitrogen and oxygen atoms in total. The van der Waals surface area contributed by atoms with Crippen LogP contribution < -0.4 is 14.4 Å². The van der Waals surface area contributed by atoms with Crippen molar-refractivity contribution in [2.75, 3.05) is 19.1 Å². The van der Waals surface area contributed by atoms with Gasteiger partial charge in [0.05, 0.1) is 19.5 Å². The predicted molar refractivity (Wildman–Crippen MR) is 93.7 cm³/mol. The van der Waals surface area contributed by atoms with Crippen LogP contribution in [0.5, 0.6) is 11.5 Å². The molecule has 2 atom stereocenters. The second kappa shape index (κ2) is 6.41. The molecule has 0 N–H and O–H groups in total. The summed E-state index contributed by atoms with van der Waals surface area (Å²) in [5.74, 6) is 1.55. The van der Waals surface area contributed by atoms with E-state index in [1.54, 1.807) is 37.1 Å². The van der Waals surface area contributed by atoms with E-state index >= 15 is 0 Å². The molecule has 1 aromatic heterocycles. The first-order valence-electron chi connectivity index (χ1n) is 7.18. The minimum atomic E-state index is -0.173. The molecule has 1 saturated heterocycles. The third-order valence-corrected chi connectivity index (χ3v) is 5.92. The van der Waals surface area contributed by atoms with Crippen molar-refractivity contribution < 1.29 is 14.3 Å². The van der Waals surface area contributed by atoms with E-state index in [0.717, 1.165) is 27.1 Å². The fourth-order valence-corrected chi connectivity index (χ4v) is 4.65. The minimum Gasteiger partial charge on any atom is -0.497 e. The number of carbonyl (C=O) groups excluding carboxylic acids is 1. The first-order chi connectivity index (χ1) is 11.0. The number of thiazole rings is 1. The molecule has 0 unspecified atom stereocenters. The summed E-state index contributed by atoms with van der Waals surface area (Å²) in [5, 5.41) is 0.424. The van der Waals surface area contributed by atoms with Crippen LogP contribution in [0.2, 0.25) is 0 Å². The number of anilines is 1. The zero-order chi connectivity index (χ0) is 16.6. The summed E-state index contributed by atoms with van der Waals surface area (Å²) in [6.45, 7) is 3.91. The molecule has 23 heavy (non-hydrogen) atoms. The summed E-state index contributed by atoms with van der Waals surface area (Å²) in [6.07, 6.45) is 1.79. The molecule has 1 aliphatic heterocycles. The van der Waals surface area contributed by atoms with Gasteiger partial charge in [0.25, 0.3) is 0 Å². The number of rotatable bonds is 4. The van der Waals surface area contributed by atoms with Gasteiger partial charge in [-0.05, 0) is 32.0 Å². The summed E-state index contributed by atoms with van der Waals surface area (Å²) in [7, 11) is 3.26. The van der Waals surface area contributed by atoms with Crippen molar-refractivity contribution in [1.29, 1.82) is 0 Å². The van der Waals surface area contributed by atoms with Gasteiger partial charge in [0.15, 0.2) is 5.13 Å². The standard InChI is InChI=1S/C16H18N2O3S2/c1-9-8-17-16(22-9)18-14(19)10(2)23-15(18)12-7-11(20-3)5-6-13(12)21-4/h5-8,10,15H,1-4H3/t10-,15+/m1/s1. The third-order valence-electron chi connectivity index (χ3n) is 3.67.